The van der Waals surface area contributed by atoms with Gasteiger partial charge in [0.2, 0.25) is 0 Å². The standard InChI is InChI=1S/C19H32N4O.HI/c1-3-4-15-24-16-10-21-19(20-2)23-13-11-22(12-14-23)17-18-8-6-5-7-9-18;/h5-9H,3-4,10-17H2,1-2H3,(H,20,21);1H. The summed E-state index contributed by atoms with van der Waals surface area (Å²) in [6.07, 6.45) is 2.32. The van der Waals surface area contributed by atoms with Crippen molar-refractivity contribution in [1.82, 2.24) is 15.1 Å². The van der Waals surface area contributed by atoms with Crippen molar-refractivity contribution in [2.24, 2.45) is 4.99 Å². The molecule has 1 aliphatic heterocycles. The molecule has 0 aromatic heterocycles. The molecule has 5 nitrogen and oxygen atoms in total. The van der Waals surface area contributed by atoms with Crippen molar-refractivity contribution in [3.05, 3.63) is 35.9 Å². The van der Waals surface area contributed by atoms with Crippen molar-refractivity contribution in [1.29, 1.82) is 0 Å². The van der Waals surface area contributed by atoms with Gasteiger partial charge in [-0.05, 0) is 12.0 Å². The van der Waals surface area contributed by atoms with Gasteiger partial charge in [0.25, 0.3) is 0 Å². The van der Waals surface area contributed by atoms with Crippen LogP contribution in [0, 0.1) is 0 Å². The van der Waals surface area contributed by atoms with Crippen LogP contribution in [0.1, 0.15) is 25.3 Å². The average molecular weight is 460 g/mol. The smallest absolute Gasteiger partial charge is 0.193 e. The van der Waals surface area contributed by atoms with Gasteiger partial charge in [0, 0.05) is 52.9 Å². The van der Waals surface area contributed by atoms with Crippen LogP contribution in [-0.4, -0.2) is 68.7 Å². The summed E-state index contributed by atoms with van der Waals surface area (Å²) in [4.78, 5) is 9.26. The Kier molecular flexibility index (Phi) is 11.9. The molecule has 1 N–H and O–H groups in total. The largest absolute Gasteiger partial charge is 0.380 e. The summed E-state index contributed by atoms with van der Waals surface area (Å²) in [7, 11) is 1.86. The summed E-state index contributed by atoms with van der Waals surface area (Å²) in [6.45, 7) is 9.81. The van der Waals surface area contributed by atoms with E-state index in [0.717, 1.165) is 64.9 Å². The Morgan fingerprint density at radius 3 is 2.48 bits per heavy atom. The van der Waals surface area contributed by atoms with Crippen LogP contribution in [0.2, 0.25) is 0 Å². The van der Waals surface area contributed by atoms with Gasteiger partial charge in [0.15, 0.2) is 5.96 Å². The Bertz CT molecular complexity index is 476. The Labute approximate surface area is 169 Å². The number of halogens is 1. The summed E-state index contributed by atoms with van der Waals surface area (Å²) in [5.41, 5.74) is 1.39. The van der Waals surface area contributed by atoms with E-state index >= 15 is 0 Å². The summed E-state index contributed by atoms with van der Waals surface area (Å²) in [5, 5.41) is 3.41. The van der Waals surface area contributed by atoms with E-state index in [0.29, 0.717) is 0 Å². The normalized spacial score (nSPS) is 15.8. The Hall–Kier alpha value is -0.860. The van der Waals surface area contributed by atoms with Crippen LogP contribution in [0.4, 0.5) is 0 Å². The Morgan fingerprint density at radius 1 is 1.12 bits per heavy atom. The van der Waals surface area contributed by atoms with Gasteiger partial charge in [-0.2, -0.15) is 0 Å². The van der Waals surface area contributed by atoms with Gasteiger partial charge in [-0.1, -0.05) is 43.7 Å². The number of rotatable bonds is 8. The number of hydrogen-bond donors (Lipinski definition) is 1. The van der Waals surface area contributed by atoms with Crippen LogP contribution in [0.5, 0.6) is 0 Å². The van der Waals surface area contributed by atoms with E-state index in [2.05, 4.69) is 57.4 Å². The molecule has 0 amide bonds. The predicted octanol–water partition coefficient (Wildman–Crippen LogP) is 2.81. The van der Waals surface area contributed by atoms with Crippen molar-refractivity contribution in [2.75, 3.05) is 53.0 Å². The third-order valence-corrected chi connectivity index (χ3v) is 4.30. The number of aliphatic imine (C=N–C) groups is 1. The van der Waals surface area contributed by atoms with Gasteiger partial charge in [-0.15, -0.1) is 24.0 Å². The molecule has 2 rings (SSSR count). The summed E-state index contributed by atoms with van der Waals surface area (Å²) < 4.78 is 5.60. The number of ether oxygens (including phenoxy) is 1. The van der Waals surface area contributed by atoms with Gasteiger partial charge >= 0.3 is 0 Å². The molecule has 0 spiro atoms. The van der Waals surface area contributed by atoms with E-state index in [1.54, 1.807) is 0 Å². The Morgan fingerprint density at radius 2 is 1.84 bits per heavy atom. The molecule has 0 saturated carbocycles. The molecule has 1 saturated heterocycles. The van der Waals surface area contributed by atoms with Gasteiger partial charge in [0.1, 0.15) is 0 Å². The number of piperazine rings is 1. The zero-order valence-electron chi connectivity index (χ0n) is 15.6. The van der Waals surface area contributed by atoms with Crippen molar-refractivity contribution < 1.29 is 4.74 Å². The molecular weight excluding hydrogens is 427 g/mol. The quantitative estimate of drug-likeness (QED) is 0.281. The Balaban J connectivity index is 0.00000312. The summed E-state index contributed by atoms with van der Waals surface area (Å²) in [6, 6.07) is 10.7. The predicted molar refractivity (Wildman–Crippen MR) is 116 cm³/mol. The lowest BCUT2D eigenvalue weighted by Gasteiger charge is -2.36. The zero-order valence-corrected chi connectivity index (χ0v) is 17.9. The highest BCUT2D eigenvalue weighted by Crippen LogP contribution is 2.08. The van der Waals surface area contributed by atoms with Crippen LogP contribution >= 0.6 is 24.0 Å². The number of hydrogen-bond acceptors (Lipinski definition) is 3. The second kappa shape index (κ2) is 13.4. The van der Waals surface area contributed by atoms with Crippen molar-refractivity contribution in [3.8, 4) is 0 Å². The van der Waals surface area contributed by atoms with Crippen molar-refractivity contribution >= 4 is 29.9 Å². The highest BCUT2D eigenvalue weighted by atomic mass is 127. The number of benzene rings is 1. The monoisotopic (exact) mass is 460 g/mol. The van der Waals surface area contributed by atoms with Crippen molar-refractivity contribution in [2.45, 2.75) is 26.3 Å². The lowest BCUT2D eigenvalue weighted by Crippen LogP contribution is -2.52. The number of unbranched alkanes of at least 4 members (excludes halogenated alkanes) is 1. The molecule has 1 aromatic carbocycles. The molecule has 1 heterocycles. The fourth-order valence-corrected chi connectivity index (χ4v) is 2.88. The maximum absolute atomic E-state index is 5.60. The highest BCUT2D eigenvalue weighted by molar-refractivity contribution is 14.0. The molecule has 1 aromatic rings. The molecule has 0 unspecified atom stereocenters. The van der Waals surface area contributed by atoms with E-state index in [4.69, 9.17) is 4.74 Å². The first-order chi connectivity index (χ1) is 11.8. The molecule has 1 fully saturated rings. The fourth-order valence-electron chi connectivity index (χ4n) is 2.88. The maximum atomic E-state index is 5.60. The van der Waals surface area contributed by atoms with E-state index in [1.807, 2.05) is 7.05 Å². The van der Waals surface area contributed by atoms with Crippen molar-refractivity contribution in [3.63, 3.8) is 0 Å². The van der Waals surface area contributed by atoms with E-state index in [9.17, 15) is 0 Å². The second-order valence-electron chi connectivity index (χ2n) is 6.19. The molecule has 1 aliphatic rings. The number of nitrogens with zero attached hydrogens (tertiary/aromatic N) is 3. The van der Waals surface area contributed by atoms with Gasteiger partial charge in [-0.25, -0.2) is 0 Å². The molecule has 0 atom stereocenters. The second-order valence-corrected chi connectivity index (χ2v) is 6.19. The van der Waals surface area contributed by atoms with Crippen LogP contribution in [0.25, 0.3) is 0 Å². The maximum Gasteiger partial charge on any atom is 0.193 e. The zero-order chi connectivity index (χ0) is 17.0. The first kappa shape index (κ1) is 22.2. The fraction of sp³-hybridized carbons (Fsp3) is 0.632. The minimum absolute atomic E-state index is 0. The third-order valence-electron chi connectivity index (χ3n) is 4.30. The first-order valence-electron chi connectivity index (χ1n) is 9.13. The molecule has 0 radical (unpaired) electrons. The number of guanidine groups is 1. The van der Waals surface area contributed by atoms with E-state index in [-0.39, 0.29) is 24.0 Å². The molecule has 0 bridgehead atoms. The third kappa shape index (κ3) is 8.37. The van der Waals surface area contributed by atoms with E-state index < -0.39 is 0 Å². The molecular formula is C19H33IN4O. The van der Waals surface area contributed by atoms with Crippen LogP contribution in [0.3, 0.4) is 0 Å². The summed E-state index contributed by atoms with van der Waals surface area (Å²) >= 11 is 0. The van der Waals surface area contributed by atoms with Crippen LogP contribution in [-0.2, 0) is 11.3 Å². The van der Waals surface area contributed by atoms with Crippen LogP contribution < -0.4 is 5.32 Å². The molecule has 6 heteroatoms. The van der Waals surface area contributed by atoms with Gasteiger partial charge in [-0.3, -0.25) is 9.89 Å². The van der Waals surface area contributed by atoms with Gasteiger partial charge < -0.3 is 15.0 Å². The minimum atomic E-state index is 0. The first-order valence-corrected chi connectivity index (χ1v) is 9.13. The van der Waals surface area contributed by atoms with Gasteiger partial charge in [0.05, 0.1) is 6.61 Å². The van der Waals surface area contributed by atoms with Crippen LogP contribution in [0.15, 0.2) is 35.3 Å². The topological polar surface area (TPSA) is 40.1 Å². The molecule has 25 heavy (non-hydrogen) atoms. The summed E-state index contributed by atoms with van der Waals surface area (Å²) in [5.74, 6) is 0.994. The molecule has 0 aliphatic carbocycles. The lowest BCUT2D eigenvalue weighted by molar-refractivity contribution is 0.134. The lowest BCUT2D eigenvalue weighted by atomic mass is 10.2. The highest BCUT2D eigenvalue weighted by Gasteiger charge is 2.19. The number of nitrogens with one attached hydrogen (secondary N) is 1. The van der Waals surface area contributed by atoms with E-state index in [1.165, 1.54) is 12.0 Å². The SMILES string of the molecule is CCCCOCCNC(=NC)N1CCN(Cc2ccccc2)CC1.I. The minimum Gasteiger partial charge on any atom is -0.380 e. The molecule has 142 valence electrons. The average Bonchev–Trinajstić information content (AvgIpc) is 2.63.